The molecule has 1 atom stereocenters. The highest BCUT2D eigenvalue weighted by molar-refractivity contribution is 5.85. The molecule has 24 heavy (non-hydrogen) atoms. The summed E-state index contributed by atoms with van der Waals surface area (Å²) in [5.41, 5.74) is 6.57. The van der Waals surface area contributed by atoms with E-state index in [1.165, 1.54) is 19.3 Å². The standard InChI is InChI=1S/C18H28N2O3.ClH/c1-22-17(12-19)11-18(21)20-13-14-7-9-16(10-8-14)23-15-5-3-2-4-6-15;/h7-10,15,17H,2-6,11-13,19H2,1H3,(H,20,21);1H. The fourth-order valence-corrected chi connectivity index (χ4v) is 2.80. The zero-order valence-electron chi connectivity index (χ0n) is 14.3. The number of benzene rings is 1. The first kappa shape index (κ1) is 20.7. The first-order chi connectivity index (χ1) is 11.2. The predicted octanol–water partition coefficient (Wildman–Crippen LogP) is 2.80. The van der Waals surface area contributed by atoms with Crippen LogP contribution in [0.5, 0.6) is 5.75 Å². The summed E-state index contributed by atoms with van der Waals surface area (Å²) in [5, 5.41) is 2.88. The molecule has 0 aromatic heterocycles. The van der Waals surface area contributed by atoms with E-state index in [-0.39, 0.29) is 30.8 Å². The SMILES string of the molecule is COC(CN)CC(=O)NCc1ccc(OC2CCCCC2)cc1.Cl. The fraction of sp³-hybridized carbons (Fsp3) is 0.611. The number of rotatable bonds is 8. The Bertz CT molecular complexity index is 472. The normalized spacial score (nSPS) is 16.1. The van der Waals surface area contributed by atoms with Crippen LogP contribution in [0.25, 0.3) is 0 Å². The quantitative estimate of drug-likeness (QED) is 0.751. The Morgan fingerprint density at radius 3 is 2.50 bits per heavy atom. The summed E-state index contributed by atoms with van der Waals surface area (Å²) < 4.78 is 11.1. The first-order valence-corrected chi connectivity index (χ1v) is 8.46. The van der Waals surface area contributed by atoms with Crippen LogP contribution in [0, 0.1) is 0 Å². The minimum absolute atomic E-state index is 0. The number of methoxy groups -OCH3 is 1. The molecule has 1 saturated carbocycles. The van der Waals surface area contributed by atoms with E-state index in [4.69, 9.17) is 15.2 Å². The number of hydrogen-bond acceptors (Lipinski definition) is 4. The lowest BCUT2D eigenvalue weighted by atomic mass is 9.98. The maximum Gasteiger partial charge on any atom is 0.222 e. The van der Waals surface area contributed by atoms with E-state index in [0.717, 1.165) is 24.2 Å². The minimum atomic E-state index is -0.221. The Labute approximate surface area is 150 Å². The van der Waals surface area contributed by atoms with Gasteiger partial charge in [0.1, 0.15) is 5.75 Å². The Morgan fingerprint density at radius 1 is 1.25 bits per heavy atom. The Hall–Kier alpha value is -1.30. The van der Waals surface area contributed by atoms with Crippen LogP contribution in [0.3, 0.4) is 0 Å². The number of amides is 1. The molecule has 0 heterocycles. The molecule has 0 bridgehead atoms. The van der Waals surface area contributed by atoms with Crippen molar-refractivity contribution >= 4 is 18.3 Å². The number of hydrogen-bond donors (Lipinski definition) is 2. The molecule has 1 aromatic rings. The van der Waals surface area contributed by atoms with Crippen molar-refractivity contribution in [3.05, 3.63) is 29.8 Å². The van der Waals surface area contributed by atoms with Gasteiger partial charge < -0.3 is 20.5 Å². The Balaban J connectivity index is 0.00000288. The molecule has 3 N–H and O–H groups in total. The van der Waals surface area contributed by atoms with E-state index in [1.807, 2.05) is 24.3 Å². The average molecular weight is 357 g/mol. The number of carbonyl (C=O) groups excluding carboxylic acids is 1. The molecular formula is C18H29ClN2O3. The van der Waals surface area contributed by atoms with Crippen LogP contribution in [0.2, 0.25) is 0 Å². The summed E-state index contributed by atoms with van der Waals surface area (Å²) in [6.45, 7) is 0.848. The van der Waals surface area contributed by atoms with E-state index in [9.17, 15) is 4.79 Å². The van der Waals surface area contributed by atoms with Gasteiger partial charge in [0.05, 0.1) is 18.6 Å². The van der Waals surface area contributed by atoms with Gasteiger partial charge in [-0.05, 0) is 43.4 Å². The van der Waals surface area contributed by atoms with Crippen LogP contribution in [0.4, 0.5) is 0 Å². The summed E-state index contributed by atoms with van der Waals surface area (Å²) in [6, 6.07) is 7.95. The molecule has 2 rings (SSSR count). The lowest BCUT2D eigenvalue weighted by Crippen LogP contribution is -2.31. The van der Waals surface area contributed by atoms with E-state index < -0.39 is 0 Å². The number of ether oxygens (including phenoxy) is 2. The van der Waals surface area contributed by atoms with E-state index in [1.54, 1.807) is 7.11 Å². The van der Waals surface area contributed by atoms with Crippen molar-refractivity contribution in [3.63, 3.8) is 0 Å². The predicted molar refractivity (Wildman–Crippen MR) is 97.5 cm³/mol. The van der Waals surface area contributed by atoms with E-state index >= 15 is 0 Å². The molecule has 136 valence electrons. The fourth-order valence-electron chi connectivity index (χ4n) is 2.80. The average Bonchev–Trinajstić information content (AvgIpc) is 2.60. The Morgan fingerprint density at radius 2 is 1.92 bits per heavy atom. The molecule has 1 aliphatic carbocycles. The number of carbonyl (C=O) groups is 1. The van der Waals surface area contributed by atoms with Crippen LogP contribution >= 0.6 is 12.4 Å². The monoisotopic (exact) mass is 356 g/mol. The molecule has 1 unspecified atom stereocenters. The first-order valence-electron chi connectivity index (χ1n) is 8.46. The van der Waals surface area contributed by atoms with Crippen molar-refractivity contribution in [1.82, 2.24) is 5.32 Å². The smallest absolute Gasteiger partial charge is 0.222 e. The van der Waals surface area contributed by atoms with Gasteiger partial charge in [0, 0.05) is 20.2 Å². The van der Waals surface area contributed by atoms with Gasteiger partial charge in [-0.2, -0.15) is 0 Å². The highest BCUT2D eigenvalue weighted by Crippen LogP contribution is 2.23. The summed E-state index contributed by atoms with van der Waals surface area (Å²) in [6.07, 6.45) is 6.58. The summed E-state index contributed by atoms with van der Waals surface area (Å²) in [7, 11) is 1.57. The minimum Gasteiger partial charge on any atom is -0.490 e. The van der Waals surface area contributed by atoms with Gasteiger partial charge in [0.15, 0.2) is 0 Å². The van der Waals surface area contributed by atoms with Gasteiger partial charge in [0.2, 0.25) is 5.91 Å². The second-order valence-corrected chi connectivity index (χ2v) is 6.10. The lowest BCUT2D eigenvalue weighted by Gasteiger charge is -2.23. The molecule has 1 aromatic carbocycles. The van der Waals surface area contributed by atoms with Crippen LogP contribution < -0.4 is 15.8 Å². The van der Waals surface area contributed by atoms with Gasteiger partial charge in [-0.25, -0.2) is 0 Å². The molecule has 1 fully saturated rings. The third-order valence-corrected chi connectivity index (χ3v) is 4.28. The molecule has 1 amide bonds. The highest BCUT2D eigenvalue weighted by Gasteiger charge is 2.15. The maximum absolute atomic E-state index is 11.8. The molecule has 0 radical (unpaired) electrons. The molecule has 1 aliphatic rings. The molecule has 5 nitrogen and oxygen atoms in total. The second kappa shape index (κ2) is 11.3. The van der Waals surface area contributed by atoms with Crippen LogP contribution in [-0.4, -0.2) is 31.8 Å². The van der Waals surface area contributed by atoms with E-state index in [2.05, 4.69) is 5.32 Å². The van der Waals surface area contributed by atoms with Gasteiger partial charge >= 0.3 is 0 Å². The highest BCUT2D eigenvalue weighted by atomic mass is 35.5. The van der Waals surface area contributed by atoms with Gasteiger partial charge in [-0.1, -0.05) is 18.6 Å². The third kappa shape index (κ3) is 7.07. The summed E-state index contributed by atoms with van der Waals surface area (Å²) in [4.78, 5) is 11.8. The lowest BCUT2D eigenvalue weighted by molar-refractivity contribution is -0.123. The van der Waals surface area contributed by atoms with Crippen LogP contribution in [0.1, 0.15) is 44.1 Å². The molecule has 0 saturated heterocycles. The molecule has 0 spiro atoms. The second-order valence-electron chi connectivity index (χ2n) is 6.10. The summed E-state index contributed by atoms with van der Waals surface area (Å²) >= 11 is 0. The van der Waals surface area contributed by atoms with Crippen LogP contribution in [0.15, 0.2) is 24.3 Å². The van der Waals surface area contributed by atoms with Crippen LogP contribution in [-0.2, 0) is 16.1 Å². The zero-order chi connectivity index (χ0) is 16.5. The summed E-state index contributed by atoms with van der Waals surface area (Å²) in [5.74, 6) is 0.861. The van der Waals surface area contributed by atoms with Crippen molar-refractivity contribution in [2.45, 2.75) is 57.3 Å². The topological polar surface area (TPSA) is 73.6 Å². The molecule has 6 heteroatoms. The van der Waals surface area contributed by atoms with Gasteiger partial charge in [0.25, 0.3) is 0 Å². The molecular weight excluding hydrogens is 328 g/mol. The van der Waals surface area contributed by atoms with Gasteiger partial charge in [-0.15, -0.1) is 12.4 Å². The molecule has 0 aliphatic heterocycles. The van der Waals surface area contributed by atoms with Crippen molar-refractivity contribution in [2.24, 2.45) is 5.73 Å². The number of nitrogens with one attached hydrogen (secondary N) is 1. The Kier molecular flexibility index (Phi) is 9.76. The van der Waals surface area contributed by atoms with Crippen molar-refractivity contribution in [3.8, 4) is 5.75 Å². The van der Waals surface area contributed by atoms with E-state index in [0.29, 0.717) is 19.2 Å². The number of nitrogens with two attached hydrogens (primary N) is 1. The van der Waals surface area contributed by atoms with Gasteiger partial charge in [-0.3, -0.25) is 4.79 Å². The maximum atomic E-state index is 11.8. The largest absolute Gasteiger partial charge is 0.490 e. The van der Waals surface area contributed by atoms with Crippen molar-refractivity contribution in [2.75, 3.05) is 13.7 Å². The number of halogens is 1. The van der Waals surface area contributed by atoms with Crippen molar-refractivity contribution in [1.29, 1.82) is 0 Å². The van der Waals surface area contributed by atoms with Crippen molar-refractivity contribution < 1.29 is 14.3 Å². The zero-order valence-corrected chi connectivity index (χ0v) is 15.1. The third-order valence-electron chi connectivity index (χ3n) is 4.28.